The largest absolute Gasteiger partial charge is 0.480 e. The predicted molar refractivity (Wildman–Crippen MR) is 60.8 cm³/mol. The van der Waals surface area contributed by atoms with Crippen LogP contribution in [0.25, 0.3) is 0 Å². The van der Waals surface area contributed by atoms with Crippen molar-refractivity contribution in [3.05, 3.63) is 0 Å². The first-order chi connectivity index (χ1) is 8.11. The molecule has 0 aromatic heterocycles. The highest BCUT2D eigenvalue weighted by Crippen LogP contribution is 1.87. The number of unbranched alkanes of at least 4 members (excludes halogenated alkanes) is 1. The van der Waals surface area contributed by atoms with Crippen molar-refractivity contribution in [2.24, 2.45) is 0 Å². The molecule has 0 aliphatic heterocycles. The van der Waals surface area contributed by atoms with Crippen molar-refractivity contribution in [3.63, 3.8) is 0 Å². The van der Waals surface area contributed by atoms with Crippen LogP contribution in [0.1, 0.15) is 19.8 Å². The van der Waals surface area contributed by atoms with Gasteiger partial charge >= 0.3 is 12.0 Å². The molecular formula is C10H20N2O5. The van der Waals surface area contributed by atoms with Crippen molar-refractivity contribution in [3.8, 4) is 0 Å². The fourth-order valence-corrected chi connectivity index (χ4v) is 0.980. The lowest BCUT2D eigenvalue weighted by molar-refractivity contribution is -0.140. The Balaban J connectivity index is 3.55. The standard InChI is InChI=1S/C10H20N2O5/c1-2-3-5-17-6-4-11-10(16)12-8(7-13)9(14)15/h8,13H,2-7H2,1H3,(H,14,15)(H2,11,12,16)/t8-/m1/s1. The monoisotopic (exact) mass is 248 g/mol. The van der Waals surface area contributed by atoms with Crippen LogP contribution in [0.3, 0.4) is 0 Å². The summed E-state index contributed by atoms with van der Waals surface area (Å²) in [6.07, 6.45) is 2.02. The van der Waals surface area contributed by atoms with E-state index in [2.05, 4.69) is 17.6 Å². The molecule has 7 heteroatoms. The third kappa shape index (κ3) is 8.47. The van der Waals surface area contributed by atoms with E-state index in [0.717, 1.165) is 12.8 Å². The minimum atomic E-state index is -1.28. The molecule has 0 saturated carbocycles. The summed E-state index contributed by atoms with van der Waals surface area (Å²) >= 11 is 0. The van der Waals surface area contributed by atoms with Crippen LogP contribution >= 0.6 is 0 Å². The zero-order valence-electron chi connectivity index (χ0n) is 9.94. The second kappa shape index (κ2) is 9.86. The van der Waals surface area contributed by atoms with E-state index < -0.39 is 24.6 Å². The number of nitrogens with one attached hydrogen (secondary N) is 2. The summed E-state index contributed by atoms with van der Waals surface area (Å²) in [5.41, 5.74) is 0. The molecule has 0 aliphatic carbocycles. The molecule has 0 radical (unpaired) electrons. The van der Waals surface area contributed by atoms with Gasteiger partial charge in [0.2, 0.25) is 0 Å². The molecule has 0 aliphatic rings. The van der Waals surface area contributed by atoms with E-state index in [4.69, 9.17) is 14.9 Å². The predicted octanol–water partition coefficient (Wildman–Crippen LogP) is -0.452. The minimum Gasteiger partial charge on any atom is -0.480 e. The molecule has 7 nitrogen and oxygen atoms in total. The lowest BCUT2D eigenvalue weighted by Crippen LogP contribution is -2.48. The van der Waals surface area contributed by atoms with Crippen LogP contribution in [0.2, 0.25) is 0 Å². The van der Waals surface area contributed by atoms with Crippen molar-refractivity contribution in [2.75, 3.05) is 26.4 Å². The number of carbonyl (C=O) groups is 2. The number of hydrogen-bond acceptors (Lipinski definition) is 4. The lowest BCUT2D eigenvalue weighted by atomic mass is 10.3. The summed E-state index contributed by atoms with van der Waals surface area (Å²) in [7, 11) is 0. The fraction of sp³-hybridized carbons (Fsp3) is 0.800. The molecular weight excluding hydrogens is 228 g/mol. The van der Waals surface area contributed by atoms with Gasteiger partial charge in [0.15, 0.2) is 6.04 Å². The Kier molecular flexibility index (Phi) is 9.08. The molecule has 0 heterocycles. The Labute approximate surface area is 100 Å². The Bertz CT molecular complexity index is 235. The Hall–Kier alpha value is -1.34. The van der Waals surface area contributed by atoms with Crippen LogP contribution in [0, 0.1) is 0 Å². The minimum absolute atomic E-state index is 0.299. The number of hydrogen-bond donors (Lipinski definition) is 4. The number of aliphatic hydroxyl groups excluding tert-OH is 1. The van der Waals surface area contributed by atoms with Gasteiger partial charge in [0, 0.05) is 13.2 Å². The van der Waals surface area contributed by atoms with Crippen molar-refractivity contribution < 1.29 is 24.5 Å². The number of amides is 2. The van der Waals surface area contributed by atoms with Gasteiger partial charge in [-0.2, -0.15) is 0 Å². The van der Waals surface area contributed by atoms with Crippen LogP contribution in [-0.4, -0.2) is 54.6 Å². The van der Waals surface area contributed by atoms with Crippen molar-refractivity contribution in [2.45, 2.75) is 25.8 Å². The molecule has 4 N–H and O–H groups in total. The summed E-state index contributed by atoms with van der Waals surface area (Å²) in [5, 5.41) is 21.8. The van der Waals surface area contributed by atoms with Gasteiger partial charge in [-0.1, -0.05) is 13.3 Å². The molecule has 0 fully saturated rings. The van der Waals surface area contributed by atoms with Crippen LogP contribution in [0.4, 0.5) is 4.79 Å². The highest BCUT2D eigenvalue weighted by molar-refractivity contribution is 5.82. The molecule has 0 aromatic rings. The summed E-state index contributed by atoms with van der Waals surface area (Å²) in [5.74, 6) is -1.28. The van der Waals surface area contributed by atoms with Gasteiger partial charge in [-0.05, 0) is 6.42 Å². The molecule has 0 aromatic carbocycles. The van der Waals surface area contributed by atoms with Crippen LogP contribution < -0.4 is 10.6 Å². The second-order valence-corrected chi connectivity index (χ2v) is 3.44. The van der Waals surface area contributed by atoms with E-state index >= 15 is 0 Å². The Morgan fingerprint density at radius 3 is 2.59 bits per heavy atom. The molecule has 0 unspecified atom stereocenters. The average Bonchev–Trinajstić information content (AvgIpc) is 2.30. The summed E-state index contributed by atoms with van der Waals surface area (Å²) in [6.45, 7) is 2.73. The number of urea groups is 1. The number of ether oxygens (including phenoxy) is 1. The number of aliphatic hydroxyl groups is 1. The van der Waals surface area contributed by atoms with Gasteiger partial charge < -0.3 is 25.6 Å². The van der Waals surface area contributed by atoms with Gasteiger partial charge in [-0.25, -0.2) is 9.59 Å². The summed E-state index contributed by atoms with van der Waals surface area (Å²) in [6, 6.07) is -1.92. The normalized spacial score (nSPS) is 11.9. The molecule has 2 amide bonds. The second-order valence-electron chi connectivity index (χ2n) is 3.44. The molecule has 0 saturated heterocycles. The Morgan fingerprint density at radius 1 is 1.35 bits per heavy atom. The van der Waals surface area contributed by atoms with E-state index in [9.17, 15) is 9.59 Å². The number of carboxylic acids is 1. The van der Waals surface area contributed by atoms with Crippen LogP contribution in [0.15, 0.2) is 0 Å². The first-order valence-electron chi connectivity index (χ1n) is 5.57. The van der Waals surface area contributed by atoms with Crippen LogP contribution in [0.5, 0.6) is 0 Å². The zero-order valence-corrected chi connectivity index (χ0v) is 9.94. The lowest BCUT2D eigenvalue weighted by Gasteiger charge is -2.12. The van der Waals surface area contributed by atoms with E-state index in [1.165, 1.54) is 0 Å². The van der Waals surface area contributed by atoms with Crippen LogP contribution in [-0.2, 0) is 9.53 Å². The number of carboxylic acid groups (broad SMARTS) is 1. The van der Waals surface area contributed by atoms with Gasteiger partial charge in [-0.15, -0.1) is 0 Å². The Morgan fingerprint density at radius 2 is 2.06 bits per heavy atom. The molecule has 100 valence electrons. The average molecular weight is 248 g/mol. The van der Waals surface area contributed by atoms with E-state index in [-0.39, 0.29) is 0 Å². The highest BCUT2D eigenvalue weighted by Gasteiger charge is 2.17. The van der Waals surface area contributed by atoms with Gasteiger partial charge in [-0.3, -0.25) is 0 Å². The zero-order chi connectivity index (χ0) is 13.1. The number of rotatable bonds is 9. The molecule has 17 heavy (non-hydrogen) atoms. The van der Waals surface area contributed by atoms with Gasteiger partial charge in [0.25, 0.3) is 0 Å². The van der Waals surface area contributed by atoms with E-state index in [1.54, 1.807) is 0 Å². The summed E-state index contributed by atoms with van der Waals surface area (Å²) < 4.78 is 5.20. The first-order valence-corrected chi connectivity index (χ1v) is 5.57. The number of aliphatic carboxylic acids is 1. The molecule has 0 spiro atoms. The smallest absolute Gasteiger partial charge is 0.328 e. The van der Waals surface area contributed by atoms with Crippen molar-refractivity contribution in [1.29, 1.82) is 0 Å². The maximum Gasteiger partial charge on any atom is 0.328 e. The van der Waals surface area contributed by atoms with Gasteiger partial charge in [0.1, 0.15) is 0 Å². The topological polar surface area (TPSA) is 108 Å². The first kappa shape index (κ1) is 15.7. The molecule has 1 atom stereocenters. The number of carbonyl (C=O) groups excluding carboxylic acids is 1. The van der Waals surface area contributed by atoms with Crippen molar-refractivity contribution >= 4 is 12.0 Å². The molecule has 0 bridgehead atoms. The fourth-order valence-electron chi connectivity index (χ4n) is 0.980. The third-order valence-electron chi connectivity index (χ3n) is 1.96. The van der Waals surface area contributed by atoms with Gasteiger partial charge in [0.05, 0.1) is 13.2 Å². The highest BCUT2D eigenvalue weighted by atomic mass is 16.5. The van der Waals surface area contributed by atoms with E-state index in [0.29, 0.717) is 19.8 Å². The summed E-state index contributed by atoms with van der Waals surface area (Å²) in [4.78, 5) is 21.6. The maximum atomic E-state index is 11.2. The molecule has 0 rings (SSSR count). The van der Waals surface area contributed by atoms with Crippen molar-refractivity contribution in [1.82, 2.24) is 10.6 Å². The SMILES string of the molecule is CCCCOCCNC(=O)N[C@H](CO)C(=O)O. The van der Waals surface area contributed by atoms with E-state index in [1.807, 2.05) is 0 Å². The third-order valence-corrected chi connectivity index (χ3v) is 1.96. The maximum absolute atomic E-state index is 11.2. The quantitative estimate of drug-likeness (QED) is 0.413.